The molecule has 1 N–H and O–H groups in total. The van der Waals surface area contributed by atoms with E-state index in [9.17, 15) is 4.79 Å². The van der Waals surface area contributed by atoms with E-state index in [4.69, 9.17) is 5.11 Å². The quantitative estimate of drug-likeness (QED) is 0.876. The highest BCUT2D eigenvalue weighted by atomic mass is 79.9. The highest BCUT2D eigenvalue weighted by molar-refractivity contribution is 9.11. The maximum absolute atomic E-state index is 10.7. The van der Waals surface area contributed by atoms with Gasteiger partial charge in [-0.25, -0.2) is 0 Å². The molecular formula is C12H14Br2N2O2. The standard InChI is InChI=1S/C12H14Br2N2O2/c13-9-4-10(14)11(15-5-9)7-16-2-1-8(6-16)3-12(17)18/h4-5,8H,1-3,6-7H2,(H,17,18). The van der Waals surface area contributed by atoms with Gasteiger partial charge < -0.3 is 5.11 Å². The predicted molar refractivity (Wildman–Crippen MR) is 75.3 cm³/mol. The molecule has 0 amide bonds. The van der Waals surface area contributed by atoms with Crippen LogP contribution in [0.2, 0.25) is 0 Å². The first-order chi connectivity index (χ1) is 8.54. The molecule has 0 radical (unpaired) electrons. The number of nitrogens with zero attached hydrogens (tertiary/aromatic N) is 2. The summed E-state index contributed by atoms with van der Waals surface area (Å²) in [5.74, 6) is -0.429. The van der Waals surface area contributed by atoms with Crippen molar-refractivity contribution >= 4 is 37.8 Å². The van der Waals surface area contributed by atoms with Gasteiger partial charge in [-0.3, -0.25) is 14.7 Å². The van der Waals surface area contributed by atoms with E-state index >= 15 is 0 Å². The summed E-state index contributed by atoms with van der Waals surface area (Å²) in [5.41, 5.74) is 0.995. The molecule has 1 saturated heterocycles. The fourth-order valence-corrected chi connectivity index (χ4v) is 3.35. The second kappa shape index (κ2) is 6.12. The van der Waals surface area contributed by atoms with Crippen LogP contribution in [0.15, 0.2) is 21.2 Å². The van der Waals surface area contributed by atoms with Crippen LogP contribution in [0.3, 0.4) is 0 Å². The number of halogens is 2. The number of rotatable bonds is 4. The van der Waals surface area contributed by atoms with Crippen LogP contribution in [0, 0.1) is 5.92 Å². The van der Waals surface area contributed by atoms with E-state index in [-0.39, 0.29) is 12.3 Å². The summed E-state index contributed by atoms with van der Waals surface area (Å²) in [5, 5.41) is 8.78. The van der Waals surface area contributed by atoms with E-state index in [1.807, 2.05) is 6.07 Å². The summed E-state index contributed by atoms with van der Waals surface area (Å²) in [7, 11) is 0. The first kappa shape index (κ1) is 14.0. The molecule has 1 fully saturated rings. The zero-order valence-electron chi connectivity index (χ0n) is 9.77. The number of aliphatic carboxylic acids is 1. The molecular weight excluding hydrogens is 364 g/mol. The number of hydrogen-bond acceptors (Lipinski definition) is 3. The molecule has 1 aliphatic heterocycles. The van der Waals surface area contributed by atoms with Gasteiger partial charge in [-0.2, -0.15) is 0 Å². The fourth-order valence-electron chi connectivity index (χ4n) is 2.24. The van der Waals surface area contributed by atoms with Crippen molar-refractivity contribution in [2.75, 3.05) is 13.1 Å². The van der Waals surface area contributed by atoms with Crippen molar-refractivity contribution < 1.29 is 9.90 Å². The maximum Gasteiger partial charge on any atom is 0.303 e. The fraction of sp³-hybridized carbons (Fsp3) is 0.500. The van der Waals surface area contributed by atoms with Gasteiger partial charge in [0.25, 0.3) is 0 Å². The Bertz CT molecular complexity index is 454. The molecule has 0 aromatic carbocycles. The van der Waals surface area contributed by atoms with Crippen LogP contribution in [0.25, 0.3) is 0 Å². The Balaban J connectivity index is 1.93. The lowest BCUT2D eigenvalue weighted by molar-refractivity contribution is -0.138. The van der Waals surface area contributed by atoms with E-state index in [1.165, 1.54) is 0 Å². The van der Waals surface area contributed by atoms with Crippen molar-refractivity contribution in [3.63, 3.8) is 0 Å². The van der Waals surface area contributed by atoms with Crippen molar-refractivity contribution in [3.05, 3.63) is 26.9 Å². The third kappa shape index (κ3) is 3.76. The summed E-state index contributed by atoms with van der Waals surface area (Å²) in [6, 6.07) is 1.98. The van der Waals surface area contributed by atoms with E-state index in [2.05, 4.69) is 41.7 Å². The molecule has 2 rings (SSSR count). The maximum atomic E-state index is 10.7. The first-order valence-electron chi connectivity index (χ1n) is 5.78. The van der Waals surface area contributed by atoms with Crippen LogP contribution in [0.1, 0.15) is 18.5 Å². The minimum atomic E-state index is -0.704. The first-order valence-corrected chi connectivity index (χ1v) is 7.37. The van der Waals surface area contributed by atoms with Gasteiger partial charge in [0.2, 0.25) is 0 Å². The van der Waals surface area contributed by atoms with E-state index < -0.39 is 5.97 Å². The molecule has 1 aliphatic rings. The average Bonchev–Trinajstić information content (AvgIpc) is 2.69. The topological polar surface area (TPSA) is 53.4 Å². The Labute approximate surface area is 123 Å². The lowest BCUT2D eigenvalue weighted by Crippen LogP contribution is -2.21. The molecule has 1 aromatic rings. The van der Waals surface area contributed by atoms with Crippen LogP contribution >= 0.6 is 31.9 Å². The van der Waals surface area contributed by atoms with Crippen LogP contribution in [0.5, 0.6) is 0 Å². The molecule has 6 heteroatoms. The number of likely N-dealkylation sites (tertiary alicyclic amines) is 1. The molecule has 2 heterocycles. The summed E-state index contributed by atoms with van der Waals surface area (Å²) in [4.78, 5) is 17.3. The zero-order chi connectivity index (χ0) is 13.1. The largest absolute Gasteiger partial charge is 0.481 e. The second-order valence-corrected chi connectivity index (χ2v) is 6.34. The van der Waals surface area contributed by atoms with Crippen molar-refractivity contribution in [1.82, 2.24) is 9.88 Å². The molecule has 18 heavy (non-hydrogen) atoms. The van der Waals surface area contributed by atoms with Gasteiger partial charge in [0.05, 0.1) is 5.69 Å². The van der Waals surface area contributed by atoms with Gasteiger partial charge in [-0.1, -0.05) is 0 Å². The number of hydrogen-bond donors (Lipinski definition) is 1. The number of carbonyl (C=O) groups is 1. The number of carboxylic acid groups (broad SMARTS) is 1. The van der Waals surface area contributed by atoms with Crippen molar-refractivity contribution in [2.45, 2.75) is 19.4 Å². The molecule has 1 unspecified atom stereocenters. The lowest BCUT2D eigenvalue weighted by atomic mass is 10.1. The average molecular weight is 378 g/mol. The third-order valence-corrected chi connectivity index (χ3v) is 4.21. The van der Waals surface area contributed by atoms with Gasteiger partial charge >= 0.3 is 5.97 Å². The summed E-state index contributed by atoms with van der Waals surface area (Å²) in [6.45, 7) is 2.56. The Morgan fingerprint density at radius 2 is 2.33 bits per heavy atom. The van der Waals surface area contributed by atoms with Gasteiger partial charge in [-0.05, 0) is 56.8 Å². The van der Waals surface area contributed by atoms with E-state index in [0.29, 0.717) is 0 Å². The molecule has 1 atom stereocenters. The Kier molecular flexibility index (Phi) is 4.75. The normalized spacial score (nSPS) is 20.2. The van der Waals surface area contributed by atoms with E-state index in [0.717, 1.165) is 40.7 Å². The summed E-state index contributed by atoms with van der Waals surface area (Å²) in [6.07, 6.45) is 3.01. The van der Waals surface area contributed by atoms with Gasteiger partial charge in [0, 0.05) is 34.7 Å². The number of carboxylic acids is 1. The van der Waals surface area contributed by atoms with Crippen molar-refractivity contribution in [2.24, 2.45) is 5.92 Å². The third-order valence-electron chi connectivity index (χ3n) is 3.09. The lowest BCUT2D eigenvalue weighted by Gasteiger charge is -2.16. The predicted octanol–water partition coefficient (Wildman–Crippen LogP) is 2.90. The monoisotopic (exact) mass is 376 g/mol. The molecule has 0 saturated carbocycles. The van der Waals surface area contributed by atoms with Crippen molar-refractivity contribution in [3.8, 4) is 0 Å². The van der Waals surface area contributed by atoms with Crippen LogP contribution in [-0.4, -0.2) is 34.0 Å². The van der Waals surface area contributed by atoms with Crippen LogP contribution in [0.4, 0.5) is 0 Å². The van der Waals surface area contributed by atoms with Crippen LogP contribution < -0.4 is 0 Å². The molecule has 1 aromatic heterocycles. The molecule has 0 spiro atoms. The number of aromatic nitrogens is 1. The van der Waals surface area contributed by atoms with E-state index in [1.54, 1.807) is 6.20 Å². The molecule has 0 aliphatic carbocycles. The summed E-state index contributed by atoms with van der Waals surface area (Å²) < 4.78 is 1.93. The minimum Gasteiger partial charge on any atom is -0.481 e. The molecule has 98 valence electrons. The SMILES string of the molecule is O=C(O)CC1CCN(Cc2ncc(Br)cc2Br)C1. The highest BCUT2D eigenvalue weighted by Gasteiger charge is 2.25. The zero-order valence-corrected chi connectivity index (χ0v) is 12.9. The Morgan fingerprint density at radius 3 is 3.00 bits per heavy atom. The van der Waals surface area contributed by atoms with Crippen LogP contribution in [-0.2, 0) is 11.3 Å². The molecule has 4 nitrogen and oxygen atoms in total. The van der Waals surface area contributed by atoms with Gasteiger partial charge in [0.15, 0.2) is 0 Å². The smallest absolute Gasteiger partial charge is 0.303 e. The minimum absolute atomic E-state index is 0.269. The highest BCUT2D eigenvalue weighted by Crippen LogP contribution is 2.25. The van der Waals surface area contributed by atoms with Gasteiger partial charge in [-0.15, -0.1) is 0 Å². The molecule has 0 bridgehead atoms. The summed E-state index contributed by atoms with van der Waals surface area (Å²) >= 11 is 6.87. The Morgan fingerprint density at radius 1 is 1.56 bits per heavy atom. The number of pyridine rings is 1. The van der Waals surface area contributed by atoms with Crippen molar-refractivity contribution in [1.29, 1.82) is 0 Å². The van der Waals surface area contributed by atoms with Gasteiger partial charge in [0.1, 0.15) is 0 Å². The Hall–Kier alpha value is -0.460. The second-order valence-electron chi connectivity index (χ2n) is 4.57.